The Bertz CT molecular complexity index is 1170. The number of fused-ring (bicyclic) bond motifs is 1. The van der Waals surface area contributed by atoms with Gasteiger partial charge >= 0.3 is 0 Å². The van der Waals surface area contributed by atoms with Crippen LogP contribution in [-0.4, -0.2) is 55.5 Å². The van der Waals surface area contributed by atoms with E-state index in [1.807, 2.05) is 12.1 Å². The number of hydrogen-bond acceptors (Lipinski definition) is 6. The molecule has 0 saturated carbocycles. The molecule has 0 spiro atoms. The summed E-state index contributed by atoms with van der Waals surface area (Å²) in [6.07, 6.45) is 1.78. The average molecular weight is 441 g/mol. The maximum Gasteiger partial charge on any atom is 0.172 e. The van der Waals surface area contributed by atoms with Crippen molar-refractivity contribution >= 4 is 16.6 Å². The number of ether oxygens (including phenoxy) is 2. The molecule has 0 amide bonds. The number of anilines is 1. The molecule has 1 aliphatic rings. The minimum Gasteiger partial charge on any atom is -0.493 e. The van der Waals surface area contributed by atoms with Gasteiger partial charge < -0.3 is 14.4 Å². The standard InChI is InChI=1S/C27H28N4O2/c1-32-23-14-13-22-19-28-29-27(24(22)26(23)33-2)31-17-15-30(16-18-31)25(20-9-5-3-6-10-20)21-11-7-4-8-12-21/h3-14,19,25H,15-18H2,1-2H3. The van der Waals surface area contributed by atoms with E-state index in [0.29, 0.717) is 11.5 Å². The van der Waals surface area contributed by atoms with Crippen LogP contribution >= 0.6 is 0 Å². The monoisotopic (exact) mass is 440 g/mol. The van der Waals surface area contributed by atoms with Gasteiger partial charge in [-0.3, -0.25) is 4.90 Å². The molecule has 2 heterocycles. The fourth-order valence-corrected chi connectivity index (χ4v) is 4.77. The summed E-state index contributed by atoms with van der Waals surface area (Å²) >= 11 is 0. The van der Waals surface area contributed by atoms with Gasteiger partial charge in [0.05, 0.1) is 31.8 Å². The lowest BCUT2D eigenvalue weighted by Gasteiger charge is -2.40. The molecule has 1 aliphatic heterocycles. The zero-order chi connectivity index (χ0) is 22.6. The minimum absolute atomic E-state index is 0.225. The van der Waals surface area contributed by atoms with E-state index in [0.717, 1.165) is 42.8 Å². The van der Waals surface area contributed by atoms with Gasteiger partial charge in [0.1, 0.15) is 0 Å². The Morgan fingerprint density at radius 3 is 1.97 bits per heavy atom. The molecule has 0 atom stereocenters. The Balaban J connectivity index is 1.45. The van der Waals surface area contributed by atoms with E-state index in [1.54, 1.807) is 20.4 Å². The SMILES string of the molecule is COc1ccc2cnnc(N3CCN(C(c4ccccc4)c4ccccc4)CC3)c2c1OC. The highest BCUT2D eigenvalue weighted by atomic mass is 16.5. The Hall–Kier alpha value is -3.64. The third-order valence-corrected chi connectivity index (χ3v) is 6.36. The van der Waals surface area contributed by atoms with Crippen molar-refractivity contribution in [1.29, 1.82) is 0 Å². The molecule has 168 valence electrons. The van der Waals surface area contributed by atoms with Crippen LogP contribution in [0.2, 0.25) is 0 Å². The van der Waals surface area contributed by atoms with Crippen LogP contribution < -0.4 is 14.4 Å². The van der Waals surface area contributed by atoms with Gasteiger partial charge in [0, 0.05) is 31.6 Å². The third-order valence-electron chi connectivity index (χ3n) is 6.36. The van der Waals surface area contributed by atoms with Gasteiger partial charge in [-0.05, 0) is 23.3 Å². The summed E-state index contributed by atoms with van der Waals surface area (Å²) in [6.45, 7) is 3.53. The number of hydrogen-bond donors (Lipinski definition) is 0. The summed E-state index contributed by atoms with van der Waals surface area (Å²) in [6, 6.07) is 25.6. The second-order valence-electron chi connectivity index (χ2n) is 8.18. The van der Waals surface area contributed by atoms with Crippen LogP contribution in [0, 0.1) is 0 Å². The molecule has 0 aliphatic carbocycles. The lowest BCUT2D eigenvalue weighted by atomic mass is 9.96. The number of rotatable bonds is 6. The van der Waals surface area contributed by atoms with Crippen LogP contribution in [0.3, 0.4) is 0 Å². The first-order chi connectivity index (χ1) is 16.3. The highest BCUT2D eigenvalue weighted by Crippen LogP contribution is 2.40. The van der Waals surface area contributed by atoms with Crippen molar-refractivity contribution < 1.29 is 9.47 Å². The van der Waals surface area contributed by atoms with Crippen molar-refractivity contribution in [2.75, 3.05) is 45.3 Å². The van der Waals surface area contributed by atoms with E-state index in [1.165, 1.54) is 11.1 Å². The second-order valence-corrected chi connectivity index (χ2v) is 8.18. The third kappa shape index (κ3) is 4.10. The molecule has 0 N–H and O–H groups in total. The van der Waals surface area contributed by atoms with Crippen molar-refractivity contribution in [3.63, 3.8) is 0 Å². The molecule has 0 bridgehead atoms. The molecule has 1 fully saturated rings. The van der Waals surface area contributed by atoms with Crippen molar-refractivity contribution in [3.8, 4) is 11.5 Å². The van der Waals surface area contributed by atoms with Crippen molar-refractivity contribution in [2.24, 2.45) is 0 Å². The molecule has 0 radical (unpaired) electrons. The number of aromatic nitrogens is 2. The fourth-order valence-electron chi connectivity index (χ4n) is 4.77. The number of nitrogens with zero attached hydrogens (tertiary/aromatic N) is 4. The van der Waals surface area contributed by atoms with Gasteiger partial charge in [-0.1, -0.05) is 60.7 Å². The Labute approximate surface area is 194 Å². The summed E-state index contributed by atoms with van der Waals surface area (Å²) < 4.78 is 11.3. The lowest BCUT2D eigenvalue weighted by molar-refractivity contribution is 0.212. The zero-order valence-corrected chi connectivity index (χ0v) is 19.0. The van der Waals surface area contributed by atoms with E-state index >= 15 is 0 Å². The van der Waals surface area contributed by atoms with Gasteiger partial charge in [-0.25, -0.2) is 0 Å². The van der Waals surface area contributed by atoms with Crippen LogP contribution in [-0.2, 0) is 0 Å². The summed E-state index contributed by atoms with van der Waals surface area (Å²) in [5.41, 5.74) is 2.63. The largest absolute Gasteiger partial charge is 0.493 e. The predicted octanol–water partition coefficient (Wildman–Crippen LogP) is 4.56. The van der Waals surface area contributed by atoms with Gasteiger partial charge in [-0.2, -0.15) is 5.10 Å². The predicted molar refractivity (Wildman–Crippen MR) is 131 cm³/mol. The van der Waals surface area contributed by atoms with Crippen molar-refractivity contribution in [2.45, 2.75) is 6.04 Å². The Morgan fingerprint density at radius 2 is 1.39 bits per heavy atom. The summed E-state index contributed by atoms with van der Waals surface area (Å²) in [5.74, 6) is 2.25. The molecule has 3 aromatic carbocycles. The highest BCUT2D eigenvalue weighted by molar-refractivity contribution is 5.98. The van der Waals surface area contributed by atoms with Crippen LogP contribution in [0.4, 0.5) is 5.82 Å². The molecule has 1 saturated heterocycles. The normalized spacial score (nSPS) is 14.6. The lowest BCUT2D eigenvalue weighted by Crippen LogP contribution is -2.48. The topological polar surface area (TPSA) is 50.7 Å². The fraction of sp³-hybridized carbons (Fsp3) is 0.259. The molecule has 6 nitrogen and oxygen atoms in total. The van der Waals surface area contributed by atoms with E-state index in [9.17, 15) is 0 Å². The number of benzene rings is 3. The van der Waals surface area contributed by atoms with Gasteiger partial charge in [0.15, 0.2) is 17.3 Å². The van der Waals surface area contributed by atoms with Crippen LogP contribution in [0.5, 0.6) is 11.5 Å². The maximum absolute atomic E-state index is 5.73. The van der Waals surface area contributed by atoms with E-state index in [-0.39, 0.29) is 6.04 Å². The molecular weight excluding hydrogens is 412 g/mol. The van der Waals surface area contributed by atoms with Crippen molar-refractivity contribution in [3.05, 3.63) is 90.1 Å². The minimum atomic E-state index is 0.225. The zero-order valence-electron chi connectivity index (χ0n) is 19.0. The molecule has 1 aromatic heterocycles. The van der Waals surface area contributed by atoms with Gasteiger partial charge in [0.25, 0.3) is 0 Å². The van der Waals surface area contributed by atoms with Crippen LogP contribution in [0.1, 0.15) is 17.2 Å². The van der Waals surface area contributed by atoms with E-state index in [4.69, 9.17) is 9.47 Å². The first-order valence-corrected chi connectivity index (χ1v) is 11.3. The number of piperazine rings is 1. The smallest absolute Gasteiger partial charge is 0.172 e. The van der Waals surface area contributed by atoms with Gasteiger partial charge in [-0.15, -0.1) is 5.10 Å². The molecule has 6 heteroatoms. The van der Waals surface area contributed by atoms with Crippen molar-refractivity contribution in [1.82, 2.24) is 15.1 Å². The number of methoxy groups -OCH3 is 2. The summed E-state index contributed by atoms with van der Waals surface area (Å²) in [7, 11) is 3.33. The van der Waals surface area contributed by atoms with Crippen LogP contribution in [0.15, 0.2) is 79.0 Å². The summed E-state index contributed by atoms with van der Waals surface area (Å²) in [5, 5.41) is 10.7. The van der Waals surface area contributed by atoms with Crippen LogP contribution in [0.25, 0.3) is 10.8 Å². The quantitative estimate of drug-likeness (QED) is 0.438. The summed E-state index contributed by atoms with van der Waals surface area (Å²) in [4.78, 5) is 4.86. The maximum atomic E-state index is 5.73. The van der Waals surface area contributed by atoms with E-state index in [2.05, 4.69) is 80.7 Å². The van der Waals surface area contributed by atoms with Gasteiger partial charge in [0.2, 0.25) is 0 Å². The molecular formula is C27H28N4O2. The first-order valence-electron chi connectivity index (χ1n) is 11.3. The molecule has 0 unspecified atom stereocenters. The first kappa shape index (κ1) is 21.2. The Kier molecular flexibility index (Phi) is 6.09. The molecule has 4 aromatic rings. The van der Waals surface area contributed by atoms with E-state index < -0.39 is 0 Å². The Morgan fingerprint density at radius 1 is 0.758 bits per heavy atom. The highest BCUT2D eigenvalue weighted by Gasteiger charge is 2.28. The molecule has 5 rings (SSSR count). The molecule has 33 heavy (non-hydrogen) atoms. The average Bonchev–Trinajstić information content (AvgIpc) is 2.89. The second kappa shape index (κ2) is 9.46.